The number of fused-ring (bicyclic) bond motifs is 1. The number of carbonyl (C=O) groups excluding carboxylic acids is 1. The first-order valence-corrected chi connectivity index (χ1v) is 11.3. The molecule has 1 saturated heterocycles. The molecule has 0 spiro atoms. The number of nitrogens with zero attached hydrogens (tertiary/aromatic N) is 2. The number of nitrogens with two attached hydrogens (primary N) is 1. The molecule has 0 unspecified atom stereocenters. The third-order valence-corrected chi connectivity index (χ3v) is 6.35. The predicted molar refractivity (Wildman–Crippen MR) is 136 cm³/mol. The lowest BCUT2D eigenvalue weighted by Crippen LogP contribution is -2.44. The van der Waals surface area contributed by atoms with E-state index >= 15 is 0 Å². The quantitative estimate of drug-likeness (QED) is 0.414. The first kappa shape index (κ1) is 21.1. The highest BCUT2D eigenvalue weighted by atomic mass is 16.2. The minimum Gasteiger partial charge on any atom is -0.399 e. The van der Waals surface area contributed by atoms with E-state index in [1.807, 2.05) is 30.3 Å². The number of amides is 1. The molecular weight excluding hydrogens is 410 g/mol. The monoisotopic (exact) mass is 439 g/mol. The van der Waals surface area contributed by atoms with Gasteiger partial charge in [-0.3, -0.25) is 4.79 Å². The van der Waals surface area contributed by atoms with Crippen LogP contribution in [0.1, 0.15) is 16.7 Å². The van der Waals surface area contributed by atoms with Crippen LogP contribution in [0.5, 0.6) is 0 Å². The van der Waals surface area contributed by atoms with Crippen molar-refractivity contribution in [3.8, 4) is 0 Å². The van der Waals surface area contributed by atoms with Crippen LogP contribution in [0.3, 0.4) is 0 Å². The highest BCUT2D eigenvalue weighted by Gasteiger charge is 2.24. The number of piperazine rings is 1. The maximum absolute atomic E-state index is 12.6. The standard InChI is InChI=1S/C27H29N5O/c1-31-11-13-32(14-12-31)23-8-6-22(7-9-23)29-18-25-24-10-5-20(17-26(24)30-27(25)33)15-19-3-2-4-21(28)16-19/h2-10,16-18,29H,11-15,28H2,1H3,(H,30,33). The van der Waals surface area contributed by atoms with E-state index in [1.54, 1.807) is 6.20 Å². The van der Waals surface area contributed by atoms with Gasteiger partial charge in [-0.15, -0.1) is 0 Å². The summed E-state index contributed by atoms with van der Waals surface area (Å²) in [6.07, 6.45) is 2.56. The fourth-order valence-electron chi connectivity index (χ4n) is 4.42. The third-order valence-electron chi connectivity index (χ3n) is 6.35. The Kier molecular flexibility index (Phi) is 5.75. The molecule has 3 aromatic rings. The molecule has 33 heavy (non-hydrogen) atoms. The van der Waals surface area contributed by atoms with Crippen molar-refractivity contribution in [1.82, 2.24) is 4.90 Å². The van der Waals surface area contributed by atoms with Gasteiger partial charge in [-0.05, 0) is 67.1 Å². The Morgan fingerprint density at radius 2 is 1.73 bits per heavy atom. The van der Waals surface area contributed by atoms with Gasteiger partial charge in [0.1, 0.15) is 0 Å². The van der Waals surface area contributed by atoms with Crippen molar-refractivity contribution in [1.29, 1.82) is 0 Å². The van der Waals surface area contributed by atoms with E-state index < -0.39 is 0 Å². The maximum atomic E-state index is 12.6. The lowest BCUT2D eigenvalue weighted by Gasteiger charge is -2.34. The molecule has 168 valence electrons. The maximum Gasteiger partial charge on any atom is 0.257 e. The molecule has 0 aliphatic carbocycles. The van der Waals surface area contributed by atoms with Crippen LogP contribution in [0.15, 0.2) is 72.9 Å². The Balaban J connectivity index is 1.27. The zero-order chi connectivity index (χ0) is 22.8. The Bertz CT molecular complexity index is 1190. The lowest BCUT2D eigenvalue weighted by atomic mass is 10.0. The van der Waals surface area contributed by atoms with Crippen LogP contribution in [-0.2, 0) is 11.2 Å². The molecule has 2 heterocycles. The molecule has 2 aliphatic rings. The predicted octanol–water partition coefficient (Wildman–Crippen LogP) is 4.02. The number of carbonyl (C=O) groups is 1. The molecule has 2 aliphatic heterocycles. The minimum absolute atomic E-state index is 0.0901. The normalized spacial score (nSPS) is 17.2. The average Bonchev–Trinajstić information content (AvgIpc) is 3.13. The number of likely N-dealkylation sites (N-methyl/N-ethyl adjacent to an activating group) is 1. The van der Waals surface area contributed by atoms with Gasteiger partial charge >= 0.3 is 0 Å². The number of hydrogen-bond acceptors (Lipinski definition) is 5. The van der Waals surface area contributed by atoms with Crippen molar-refractivity contribution >= 4 is 34.2 Å². The zero-order valence-corrected chi connectivity index (χ0v) is 18.8. The second-order valence-corrected chi connectivity index (χ2v) is 8.80. The SMILES string of the molecule is CN1CCN(c2ccc(NC=C3C(=O)Nc4cc(Cc5cccc(N)c5)ccc43)cc2)CC1. The van der Waals surface area contributed by atoms with Crippen molar-refractivity contribution in [3.05, 3.63) is 89.6 Å². The van der Waals surface area contributed by atoms with Crippen LogP contribution in [0.4, 0.5) is 22.7 Å². The number of nitrogen functional groups attached to an aromatic ring is 1. The van der Waals surface area contributed by atoms with Gasteiger partial charge < -0.3 is 26.2 Å². The van der Waals surface area contributed by atoms with Crippen LogP contribution in [-0.4, -0.2) is 44.0 Å². The summed E-state index contributed by atoms with van der Waals surface area (Å²) in [7, 11) is 2.16. The van der Waals surface area contributed by atoms with Crippen molar-refractivity contribution in [3.63, 3.8) is 0 Å². The molecule has 0 bridgehead atoms. The topological polar surface area (TPSA) is 73.6 Å². The molecule has 3 aromatic carbocycles. The van der Waals surface area contributed by atoms with Crippen LogP contribution in [0.2, 0.25) is 0 Å². The van der Waals surface area contributed by atoms with Crippen LogP contribution in [0, 0.1) is 0 Å². The molecule has 0 saturated carbocycles. The van der Waals surface area contributed by atoms with Gasteiger partial charge in [-0.25, -0.2) is 0 Å². The molecule has 6 heteroatoms. The molecule has 5 rings (SSSR count). The minimum atomic E-state index is -0.0901. The molecule has 4 N–H and O–H groups in total. The van der Waals surface area contributed by atoms with E-state index in [1.165, 1.54) is 5.69 Å². The summed E-state index contributed by atoms with van der Waals surface area (Å²) in [6.45, 7) is 4.26. The van der Waals surface area contributed by atoms with Gasteiger partial charge in [0.25, 0.3) is 5.91 Å². The van der Waals surface area contributed by atoms with E-state index in [2.05, 4.69) is 63.9 Å². The average molecular weight is 440 g/mol. The smallest absolute Gasteiger partial charge is 0.257 e. The van der Waals surface area contributed by atoms with E-state index in [-0.39, 0.29) is 5.91 Å². The molecule has 0 atom stereocenters. The summed E-state index contributed by atoms with van der Waals surface area (Å²) in [4.78, 5) is 17.4. The highest BCUT2D eigenvalue weighted by Crippen LogP contribution is 2.33. The molecule has 1 fully saturated rings. The Hall–Kier alpha value is -3.77. The van der Waals surface area contributed by atoms with Crippen LogP contribution in [0.25, 0.3) is 5.57 Å². The molecule has 0 radical (unpaired) electrons. The fraction of sp³-hybridized carbons (Fsp3) is 0.222. The number of nitrogens with one attached hydrogen (secondary N) is 2. The highest BCUT2D eigenvalue weighted by molar-refractivity contribution is 6.31. The van der Waals surface area contributed by atoms with E-state index in [9.17, 15) is 4.79 Å². The zero-order valence-electron chi connectivity index (χ0n) is 18.8. The number of anilines is 4. The van der Waals surface area contributed by atoms with Gasteiger partial charge in [0.05, 0.1) is 5.57 Å². The van der Waals surface area contributed by atoms with Crippen molar-refractivity contribution < 1.29 is 4.79 Å². The van der Waals surface area contributed by atoms with Crippen molar-refractivity contribution in [2.45, 2.75) is 6.42 Å². The second-order valence-electron chi connectivity index (χ2n) is 8.80. The number of rotatable bonds is 5. The summed E-state index contributed by atoms with van der Waals surface area (Å²) in [6, 6.07) is 22.4. The van der Waals surface area contributed by atoms with Gasteiger partial charge in [0.15, 0.2) is 0 Å². The van der Waals surface area contributed by atoms with E-state index in [0.717, 1.165) is 66.4 Å². The van der Waals surface area contributed by atoms with Gasteiger partial charge in [-0.1, -0.05) is 24.3 Å². The molecular formula is C27H29N5O. The molecule has 0 aromatic heterocycles. The number of benzene rings is 3. The first-order chi connectivity index (χ1) is 16.0. The summed E-state index contributed by atoms with van der Waals surface area (Å²) < 4.78 is 0. The second kappa shape index (κ2) is 9.00. The van der Waals surface area contributed by atoms with Crippen LogP contribution < -0.4 is 21.3 Å². The molecule has 1 amide bonds. The summed E-state index contributed by atoms with van der Waals surface area (Å²) in [5, 5.41) is 6.29. The largest absolute Gasteiger partial charge is 0.399 e. The third kappa shape index (κ3) is 4.71. The molecule has 6 nitrogen and oxygen atoms in total. The Morgan fingerprint density at radius 3 is 2.48 bits per heavy atom. The summed E-state index contributed by atoms with van der Waals surface area (Å²) in [5.74, 6) is -0.0901. The number of hydrogen-bond donors (Lipinski definition) is 3. The summed E-state index contributed by atoms with van der Waals surface area (Å²) >= 11 is 0. The van der Waals surface area contributed by atoms with Crippen molar-refractivity contribution in [2.75, 3.05) is 54.5 Å². The fourth-order valence-corrected chi connectivity index (χ4v) is 4.42. The summed E-state index contributed by atoms with van der Waals surface area (Å²) in [5.41, 5.74) is 13.5. The lowest BCUT2D eigenvalue weighted by molar-refractivity contribution is -0.110. The van der Waals surface area contributed by atoms with Crippen LogP contribution >= 0.6 is 0 Å². The van der Waals surface area contributed by atoms with Crippen molar-refractivity contribution in [2.24, 2.45) is 0 Å². The Labute approximate surface area is 194 Å². The van der Waals surface area contributed by atoms with Gasteiger partial charge in [0, 0.05) is 60.7 Å². The first-order valence-electron chi connectivity index (χ1n) is 11.3. The van der Waals surface area contributed by atoms with E-state index in [4.69, 9.17) is 5.73 Å². The Morgan fingerprint density at radius 1 is 0.970 bits per heavy atom. The van der Waals surface area contributed by atoms with E-state index in [0.29, 0.717) is 5.57 Å². The van der Waals surface area contributed by atoms with Gasteiger partial charge in [0.2, 0.25) is 0 Å². The van der Waals surface area contributed by atoms with Gasteiger partial charge in [-0.2, -0.15) is 0 Å².